The molecule has 23 heavy (non-hydrogen) atoms. The van der Waals surface area contributed by atoms with Crippen LogP contribution in [0.3, 0.4) is 0 Å². The second-order valence-electron chi connectivity index (χ2n) is 4.38. The largest absolute Gasteiger partial charge is 0.478 e. The molecule has 0 unspecified atom stereocenters. The van der Waals surface area contributed by atoms with Crippen LogP contribution in [0.1, 0.15) is 20.7 Å². The van der Waals surface area contributed by atoms with Crippen LogP contribution < -0.4 is 5.32 Å². The number of non-ortho nitro benzene ring substituents is 1. The number of carboxylic acid groups (broad SMARTS) is 1. The number of nitrogens with one attached hydrogen (secondary N) is 1. The van der Waals surface area contributed by atoms with Gasteiger partial charge in [0, 0.05) is 17.7 Å². The number of rotatable bonds is 4. The third-order valence-corrected chi connectivity index (χ3v) is 3.61. The van der Waals surface area contributed by atoms with E-state index in [1.54, 1.807) is 0 Å². The van der Waals surface area contributed by atoms with Crippen molar-refractivity contribution in [3.63, 3.8) is 0 Å². The molecule has 1 amide bonds. The van der Waals surface area contributed by atoms with Crippen molar-refractivity contribution in [2.24, 2.45) is 0 Å². The highest BCUT2D eigenvalue weighted by Gasteiger charge is 2.18. The summed E-state index contributed by atoms with van der Waals surface area (Å²) in [6.07, 6.45) is 0. The average molecular weight is 355 g/mol. The highest BCUT2D eigenvalue weighted by atomic mass is 35.5. The number of benzene rings is 2. The van der Waals surface area contributed by atoms with Gasteiger partial charge in [-0.2, -0.15) is 0 Å². The summed E-state index contributed by atoms with van der Waals surface area (Å²) >= 11 is 11.6. The van der Waals surface area contributed by atoms with Gasteiger partial charge in [0.2, 0.25) is 0 Å². The highest BCUT2D eigenvalue weighted by molar-refractivity contribution is 6.42. The quantitative estimate of drug-likeness (QED) is 0.639. The lowest BCUT2D eigenvalue weighted by Crippen LogP contribution is -2.15. The Hall–Kier alpha value is -2.64. The van der Waals surface area contributed by atoms with Gasteiger partial charge in [0.1, 0.15) is 0 Å². The summed E-state index contributed by atoms with van der Waals surface area (Å²) in [4.78, 5) is 33.3. The zero-order valence-electron chi connectivity index (χ0n) is 11.2. The van der Waals surface area contributed by atoms with Gasteiger partial charge in [-0.05, 0) is 24.3 Å². The molecule has 2 aromatic carbocycles. The zero-order chi connectivity index (χ0) is 17.1. The van der Waals surface area contributed by atoms with Crippen molar-refractivity contribution >= 4 is 46.5 Å². The third kappa shape index (κ3) is 3.77. The van der Waals surface area contributed by atoms with Gasteiger partial charge < -0.3 is 10.4 Å². The number of hydrogen-bond acceptors (Lipinski definition) is 4. The minimum atomic E-state index is -1.40. The van der Waals surface area contributed by atoms with Gasteiger partial charge >= 0.3 is 5.97 Å². The Morgan fingerprint density at radius 3 is 2.35 bits per heavy atom. The first-order valence-electron chi connectivity index (χ1n) is 6.07. The molecule has 0 aliphatic rings. The maximum absolute atomic E-state index is 12.1. The van der Waals surface area contributed by atoms with Crippen LogP contribution >= 0.6 is 23.2 Å². The molecule has 0 atom stereocenters. The van der Waals surface area contributed by atoms with Gasteiger partial charge in [0.15, 0.2) is 0 Å². The Morgan fingerprint density at radius 2 is 1.78 bits per heavy atom. The van der Waals surface area contributed by atoms with E-state index in [9.17, 15) is 19.7 Å². The Labute approximate surface area is 139 Å². The van der Waals surface area contributed by atoms with Gasteiger partial charge in [-0.15, -0.1) is 0 Å². The first-order valence-corrected chi connectivity index (χ1v) is 6.83. The minimum Gasteiger partial charge on any atom is -0.478 e. The smallest absolute Gasteiger partial charge is 0.338 e. The molecule has 0 radical (unpaired) electrons. The van der Waals surface area contributed by atoms with Crippen LogP contribution in [-0.2, 0) is 0 Å². The second-order valence-corrected chi connectivity index (χ2v) is 5.19. The van der Waals surface area contributed by atoms with Crippen LogP contribution in [-0.4, -0.2) is 21.9 Å². The van der Waals surface area contributed by atoms with E-state index in [0.29, 0.717) is 0 Å². The van der Waals surface area contributed by atoms with Crippen molar-refractivity contribution < 1.29 is 19.6 Å². The molecule has 0 saturated carbocycles. The molecule has 118 valence electrons. The number of nitro benzene ring substituents is 1. The Bertz CT molecular complexity index is 823. The molecule has 2 aromatic rings. The summed E-state index contributed by atoms with van der Waals surface area (Å²) < 4.78 is 0. The molecule has 0 bridgehead atoms. The minimum absolute atomic E-state index is 0.0702. The molecule has 2 N–H and O–H groups in total. The van der Waals surface area contributed by atoms with E-state index in [0.717, 1.165) is 18.2 Å². The van der Waals surface area contributed by atoms with Crippen LogP contribution in [0.5, 0.6) is 0 Å². The standard InChI is InChI=1S/C14H8Cl2N2O5/c15-10-3-1-7(5-11(10)16)13(19)17-12-4-2-8(18(22)23)6-9(12)14(20)21/h1-6H,(H,17,19)(H,20,21). The predicted molar refractivity (Wildman–Crippen MR) is 84.5 cm³/mol. The molecular formula is C14H8Cl2N2O5. The number of aromatic carboxylic acids is 1. The molecular weight excluding hydrogens is 347 g/mol. The van der Waals surface area contributed by atoms with Crippen LogP contribution in [0.25, 0.3) is 0 Å². The Balaban J connectivity index is 2.35. The van der Waals surface area contributed by atoms with Gasteiger partial charge in [-0.1, -0.05) is 23.2 Å². The average Bonchev–Trinajstić information content (AvgIpc) is 2.49. The van der Waals surface area contributed by atoms with E-state index in [4.69, 9.17) is 28.3 Å². The number of nitrogens with zero attached hydrogens (tertiary/aromatic N) is 1. The van der Waals surface area contributed by atoms with Crippen molar-refractivity contribution in [2.45, 2.75) is 0 Å². The number of nitro groups is 1. The number of halogens is 2. The van der Waals surface area contributed by atoms with Gasteiger partial charge in [-0.25, -0.2) is 4.79 Å². The van der Waals surface area contributed by atoms with E-state index in [-0.39, 0.29) is 21.3 Å². The zero-order valence-corrected chi connectivity index (χ0v) is 12.8. The molecule has 7 nitrogen and oxygen atoms in total. The number of carboxylic acids is 1. The molecule has 0 aliphatic heterocycles. The maximum atomic E-state index is 12.1. The third-order valence-electron chi connectivity index (χ3n) is 2.87. The van der Waals surface area contributed by atoms with E-state index in [2.05, 4.69) is 5.32 Å². The van der Waals surface area contributed by atoms with Crippen LogP contribution in [0.2, 0.25) is 10.0 Å². The molecule has 0 aliphatic carbocycles. The summed E-state index contributed by atoms with van der Waals surface area (Å²) in [6, 6.07) is 7.27. The molecule has 0 spiro atoms. The highest BCUT2D eigenvalue weighted by Crippen LogP contribution is 2.25. The Morgan fingerprint density at radius 1 is 1.09 bits per heavy atom. The maximum Gasteiger partial charge on any atom is 0.338 e. The normalized spacial score (nSPS) is 10.2. The fraction of sp³-hybridized carbons (Fsp3) is 0. The molecule has 9 heteroatoms. The van der Waals surface area contributed by atoms with E-state index in [1.165, 1.54) is 18.2 Å². The van der Waals surface area contributed by atoms with Crippen molar-refractivity contribution in [1.82, 2.24) is 0 Å². The molecule has 2 rings (SSSR count). The van der Waals surface area contributed by atoms with Crippen LogP contribution in [0.4, 0.5) is 11.4 Å². The summed E-state index contributed by atoms with van der Waals surface area (Å²) in [7, 11) is 0. The van der Waals surface area contributed by atoms with E-state index >= 15 is 0 Å². The fourth-order valence-corrected chi connectivity index (χ4v) is 2.06. The number of carbonyl (C=O) groups is 2. The van der Waals surface area contributed by atoms with E-state index in [1.807, 2.05) is 0 Å². The topological polar surface area (TPSA) is 110 Å². The molecule has 0 saturated heterocycles. The first-order chi connectivity index (χ1) is 10.8. The predicted octanol–water partition coefficient (Wildman–Crippen LogP) is 3.85. The summed E-state index contributed by atoms with van der Waals surface area (Å²) in [5.41, 5.74) is -0.698. The number of anilines is 1. The monoisotopic (exact) mass is 354 g/mol. The lowest BCUT2D eigenvalue weighted by atomic mass is 10.1. The van der Waals surface area contributed by atoms with Gasteiger partial charge in [-0.3, -0.25) is 14.9 Å². The van der Waals surface area contributed by atoms with Crippen molar-refractivity contribution in [3.8, 4) is 0 Å². The van der Waals surface area contributed by atoms with E-state index < -0.39 is 28.1 Å². The van der Waals surface area contributed by atoms with Crippen LogP contribution in [0.15, 0.2) is 36.4 Å². The SMILES string of the molecule is O=C(Nc1ccc([N+](=O)[O-])cc1C(=O)O)c1ccc(Cl)c(Cl)c1. The van der Waals surface area contributed by atoms with Gasteiger partial charge in [0.05, 0.1) is 26.2 Å². The molecule has 0 fully saturated rings. The van der Waals surface area contributed by atoms with Crippen molar-refractivity contribution in [3.05, 3.63) is 67.7 Å². The first kappa shape index (κ1) is 16.7. The number of hydrogen-bond donors (Lipinski definition) is 2. The number of carbonyl (C=O) groups excluding carboxylic acids is 1. The van der Waals surface area contributed by atoms with Crippen LogP contribution in [0, 0.1) is 10.1 Å². The van der Waals surface area contributed by atoms with Crippen molar-refractivity contribution in [1.29, 1.82) is 0 Å². The summed E-state index contributed by atoms with van der Waals surface area (Å²) in [5.74, 6) is -2.03. The summed E-state index contributed by atoms with van der Waals surface area (Å²) in [6.45, 7) is 0. The van der Waals surface area contributed by atoms with Gasteiger partial charge in [0.25, 0.3) is 11.6 Å². The molecule has 0 aromatic heterocycles. The Kier molecular flexibility index (Phi) is 4.83. The summed E-state index contributed by atoms with van der Waals surface area (Å²) in [5, 5.41) is 22.6. The lowest BCUT2D eigenvalue weighted by molar-refractivity contribution is -0.384. The fourth-order valence-electron chi connectivity index (χ4n) is 1.76. The lowest BCUT2D eigenvalue weighted by Gasteiger charge is -2.09. The second kappa shape index (κ2) is 6.64. The molecule has 0 heterocycles. The van der Waals surface area contributed by atoms with Crippen molar-refractivity contribution in [2.75, 3.05) is 5.32 Å². The number of amides is 1.